The molecule has 2 amide bonds. The van der Waals surface area contributed by atoms with Crippen LogP contribution in [0, 0.1) is 10.1 Å². The smallest absolute Gasteiger partial charge is 0.269 e. The first-order chi connectivity index (χ1) is 13.5. The summed E-state index contributed by atoms with van der Waals surface area (Å²) < 4.78 is 0. The quantitative estimate of drug-likeness (QED) is 0.588. The largest absolute Gasteiger partial charge is 0.338 e. The number of piperazine rings is 1. The summed E-state index contributed by atoms with van der Waals surface area (Å²) in [6, 6.07) is 14.5. The Morgan fingerprint density at radius 2 is 1.52 bits per heavy atom. The summed E-state index contributed by atoms with van der Waals surface area (Å²) in [4.78, 5) is 38.7. The van der Waals surface area contributed by atoms with Crippen LogP contribution in [-0.4, -0.2) is 58.8 Å². The number of hydrogen-bond acceptors (Lipinski definition) is 5. The number of carbonyl (C=O) groups excluding carboxylic acids is 2. The van der Waals surface area contributed by atoms with Crippen LogP contribution in [0.5, 0.6) is 0 Å². The van der Waals surface area contributed by atoms with Crippen molar-refractivity contribution in [2.45, 2.75) is 12.5 Å². The van der Waals surface area contributed by atoms with E-state index in [0.717, 1.165) is 5.56 Å². The zero-order chi connectivity index (χ0) is 20.1. The van der Waals surface area contributed by atoms with Gasteiger partial charge in [-0.15, -0.1) is 12.4 Å². The third kappa shape index (κ3) is 5.52. The molecule has 0 aliphatic carbocycles. The molecular weight excluding hydrogens is 396 g/mol. The molecule has 1 fully saturated rings. The van der Waals surface area contributed by atoms with E-state index < -0.39 is 11.0 Å². The minimum Gasteiger partial charge on any atom is -0.338 e. The molecular formula is C20H23ClN4O4. The van der Waals surface area contributed by atoms with E-state index in [1.165, 1.54) is 24.3 Å². The maximum absolute atomic E-state index is 12.6. The number of nitrogens with two attached hydrogens (primary N) is 1. The van der Waals surface area contributed by atoms with Gasteiger partial charge >= 0.3 is 0 Å². The predicted molar refractivity (Wildman–Crippen MR) is 111 cm³/mol. The van der Waals surface area contributed by atoms with Crippen LogP contribution in [-0.2, 0) is 11.2 Å². The van der Waals surface area contributed by atoms with Crippen molar-refractivity contribution < 1.29 is 14.5 Å². The van der Waals surface area contributed by atoms with Crippen LogP contribution in [0.2, 0.25) is 0 Å². The second kappa shape index (κ2) is 9.99. The van der Waals surface area contributed by atoms with E-state index in [0.29, 0.717) is 38.2 Å². The minimum absolute atomic E-state index is 0. The molecule has 8 nitrogen and oxygen atoms in total. The van der Waals surface area contributed by atoms with E-state index >= 15 is 0 Å². The fraction of sp³-hybridized carbons (Fsp3) is 0.300. The second-order valence-corrected chi connectivity index (χ2v) is 6.72. The lowest BCUT2D eigenvalue weighted by atomic mass is 10.1. The Hall–Kier alpha value is -2.97. The average Bonchev–Trinajstić information content (AvgIpc) is 2.73. The standard InChI is InChI=1S/C20H22N4O4.ClH/c21-18(14-15-4-2-1-3-5-15)20(26)23-12-10-22(11-13-23)19(25)16-6-8-17(9-7-16)24(27)28;/h1-9,18H,10-14,21H2;1H/t18-;/m0./s1. The molecule has 154 valence electrons. The normalized spacial score (nSPS) is 14.7. The third-order valence-electron chi connectivity index (χ3n) is 4.82. The van der Waals surface area contributed by atoms with E-state index in [1.807, 2.05) is 30.3 Å². The van der Waals surface area contributed by atoms with Gasteiger partial charge in [0.25, 0.3) is 11.6 Å². The molecule has 9 heteroatoms. The van der Waals surface area contributed by atoms with Crippen molar-refractivity contribution in [1.82, 2.24) is 9.80 Å². The van der Waals surface area contributed by atoms with Gasteiger partial charge in [0.2, 0.25) is 5.91 Å². The maximum Gasteiger partial charge on any atom is 0.269 e. The van der Waals surface area contributed by atoms with Gasteiger partial charge in [-0.05, 0) is 24.1 Å². The monoisotopic (exact) mass is 418 g/mol. The van der Waals surface area contributed by atoms with Crippen LogP contribution in [0.3, 0.4) is 0 Å². The summed E-state index contributed by atoms with van der Waals surface area (Å²) in [7, 11) is 0. The molecule has 0 saturated carbocycles. The van der Waals surface area contributed by atoms with E-state index in [2.05, 4.69) is 0 Å². The Labute approximate surface area is 174 Å². The first kappa shape index (κ1) is 22.3. The van der Waals surface area contributed by atoms with Crippen molar-refractivity contribution in [3.63, 3.8) is 0 Å². The fourth-order valence-corrected chi connectivity index (χ4v) is 3.23. The van der Waals surface area contributed by atoms with Gasteiger partial charge in [0.1, 0.15) is 0 Å². The molecule has 29 heavy (non-hydrogen) atoms. The van der Waals surface area contributed by atoms with Crippen LogP contribution in [0.4, 0.5) is 5.69 Å². The summed E-state index contributed by atoms with van der Waals surface area (Å²) in [5.41, 5.74) is 7.43. The molecule has 1 heterocycles. The van der Waals surface area contributed by atoms with Crippen molar-refractivity contribution in [2.24, 2.45) is 5.73 Å². The number of nitro groups is 1. The van der Waals surface area contributed by atoms with Gasteiger partial charge < -0.3 is 15.5 Å². The molecule has 0 bridgehead atoms. The SMILES string of the molecule is Cl.N[C@@H](Cc1ccccc1)C(=O)N1CCN(C(=O)c2ccc([N+](=O)[O-])cc2)CC1. The van der Waals surface area contributed by atoms with Crippen molar-refractivity contribution in [1.29, 1.82) is 0 Å². The minimum atomic E-state index is -0.612. The first-order valence-corrected chi connectivity index (χ1v) is 9.07. The predicted octanol–water partition coefficient (Wildman–Crippen LogP) is 1.87. The lowest BCUT2D eigenvalue weighted by molar-refractivity contribution is -0.384. The number of rotatable bonds is 5. The molecule has 1 atom stereocenters. The van der Waals surface area contributed by atoms with Crippen LogP contribution in [0.1, 0.15) is 15.9 Å². The maximum atomic E-state index is 12.6. The highest BCUT2D eigenvalue weighted by atomic mass is 35.5. The highest BCUT2D eigenvalue weighted by molar-refractivity contribution is 5.94. The Morgan fingerprint density at radius 3 is 2.07 bits per heavy atom. The number of halogens is 1. The summed E-state index contributed by atoms with van der Waals surface area (Å²) in [5, 5.41) is 10.7. The van der Waals surface area contributed by atoms with Gasteiger partial charge in [-0.25, -0.2) is 0 Å². The second-order valence-electron chi connectivity index (χ2n) is 6.72. The van der Waals surface area contributed by atoms with Gasteiger partial charge in [0.15, 0.2) is 0 Å². The third-order valence-corrected chi connectivity index (χ3v) is 4.82. The van der Waals surface area contributed by atoms with Crippen LogP contribution in [0.15, 0.2) is 54.6 Å². The van der Waals surface area contributed by atoms with Crippen molar-refractivity contribution in [3.05, 3.63) is 75.8 Å². The van der Waals surface area contributed by atoms with E-state index in [9.17, 15) is 19.7 Å². The van der Waals surface area contributed by atoms with Gasteiger partial charge in [-0.1, -0.05) is 30.3 Å². The van der Waals surface area contributed by atoms with E-state index in [1.54, 1.807) is 9.80 Å². The molecule has 2 N–H and O–H groups in total. The molecule has 0 radical (unpaired) electrons. The highest BCUT2D eigenvalue weighted by Gasteiger charge is 2.27. The Balaban J connectivity index is 0.00000300. The molecule has 1 aliphatic rings. The number of benzene rings is 2. The summed E-state index contributed by atoms with van der Waals surface area (Å²) in [6.45, 7) is 1.64. The average molecular weight is 419 g/mol. The zero-order valence-electron chi connectivity index (χ0n) is 15.8. The van der Waals surface area contributed by atoms with Crippen LogP contribution < -0.4 is 5.73 Å². The summed E-state index contributed by atoms with van der Waals surface area (Å²) in [5.74, 6) is -0.318. The lowest BCUT2D eigenvalue weighted by Crippen LogP contribution is -2.54. The van der Waals surface area contributed by atoms with E-state index in [4.69, 9.17) is 5.73 Å². The number of nitrogens with zero attached hydrogens (tertiary/aromatic N) is 3. The molecule has 1 aliphatic heterocycles. The van der Waals surface area contributed by atoms with Crippen molar-refractivity contribution >= 4 is 29.9 Å². The van der Waals surface area contributed by atoms with Gasteiger partial charge in [0, 0.05) is 43.9 Å². The highest BCUT2D eigenvalue weighted by Crippen LogP contribution is 2.15. The summed E-state index contributed by atoms with van der Waals surface area (Å²) >= 11 is 0. The lowest BCUT2D eigenvalue weighted by Gasteiger charge is -2.36. The first-order valence-electron chi connectivity index (χ1n) is 9.07. The Kier molecular flexibility index (Phi) is 7.69. The molecule has 2 aromatic carbocycles. The summed E-state index contributed by atoms with van der Waals surface area (Å²) in [6.07, 6.45) is 0.474. The number of amides is 2. The number of nitro benzene ring substituents is 1. The topological polar surface area (TPSA) is 110 Å². The fourth-order valence-electron chi connectivity index (χ4n) is 3.23. The molecule has 0 unspecified atom stereocenters. The number of carbonyl (C=O) groups is 2. The van der Waals surface area contributed by atoms with Crippen LogP contribution >= 0.6 is 12.4 Å². The molecule has 3 rings (SSSR count). The van der Waals surface area contributed by atoms with Gasteiger partial charge in [0.05, 0.1) is 11.0 Å². The van der Waals surface area contributed by atoms with Crippen molar-refractivity contribution in [3.8, 4) is 0 Å². The van der Waals surface area contributed by atoms with Gasteiger partial charge in [-0.3, -0.25) is 19.7 Å². The van der Waals surface area contributed by atoms with Crippen LogP contribution in [0.25, 0.3) is 0 Å². The van der Waals surface area contributed by atoms with Crippen molar-refractivity contribution in [2.75, 3.05) is 26.2 Å². The molecule has 0 aromatic heterocycles. The molecule has 2 aromatic rings. The van der Waals surface area contributed by atoms with E-state index in [-0.39, 0.29) is 29.9 Å². The number of hydrogen-bond donors (Lipinski definition) is 1. The molecule has 1 saturated heterocycles. The Bertz CT molecular complexity index is 853. The van der Waals surface area contributed by atoms with Gasteiger partial charge in [-0.2, -0.15) is 0 Å². The Morgan fingerprint density at radius 1 is 0.966 bits per heavy atom. The number of non-ortho nitro benzene ring substituents is 1. The zero-order valence-corrected chi connectivity index (χ0v) is 16.6. The molecule has 0 spiro atoms.